The molecule has 2 nitrogen and oxygen atoms in total. The topological polar surface area (TPSA) is 12.5 Å². The van der Waals surface area contributed by atoms with Crippen LogP contribution in [0.2, 0.25) is 0 Å². The van der Waals surface area contributed by atoms with Crippen molar-refractivity contribution in [2.24, 2.45) is 0 Å². The maximum absolute atomic E-state index is 5.77. The van der Waals surface area contributed by atoms with Gasteiger partial charge in [-0.25, -0.2) is 0 Å². The monoisotopic (exact) mass is 283 g/mol. The molecule has 1 fully saturated rings. The van der Waals surface area contributed by atoms with Crippen LogP contribution in [0.3, 0.4) is 0 Å². The third kappa shape index (κ3) is 3.22. The summed E-state index contributed by atoms with van der Waals surface area (Å²) in [6, 6.07) is 6.20. The molecule has 3 heteroatoms. The molecule has 1 heterocycles. The number of hydrogen-bond acceptors (Lipinski definition) is 2. The van der Waals surface area contributed by atoms with E-state index in [-0.39, 0.29) is 0 Å². The minimum Gasteiger partial charge on any atom is -0.491 e. The first kappa shape index (κ1) is 11.9. The van der Waals surface area contributed by atoms with Gasteiger partial charge in [0, 0.05) is 6.54 Å². The average molecular weight is 284 g/mol. The Hall–Kier alpha value is -0.540. The molecule has 1 aromatic rings. The molecule has 0 amide bonds. The molecule has 1 aliphatic heterocycles. The van der Waals surface area contributed by atoms with Gasteiger partial charge in [0.1, 0.15) is 12.4 Å². The lowest BCUT2D eigenvalue weighted by Gasteiger charge is -2.15. The van der Waals surface area contributed by atoms with Crippen molar-refractivity contribution in [1.82, 2.24) is 4.90 Å². The van der Waals surface area contributed by atoms with Crippen LogP contribution in [0.15, 0.2) is 22.7 Å². The molecule has 0 N–H and O–H groups in total. The molecule has 0 radical (unpaired) electrons. The third-order valence-corrected chi connectivity index (χ3v) is 3.57. The van der Waals surface area contributed by atoms with Gasteiger partial charge < -0.3 is 4.74 Å². The second-order valence-electron chi connectivity index (χ2n) is 4.33. The predicted molar refractivity (Wildman–Crippen MR) is 70.0 cm³/mol. The van der Waals surface area contributed by atoms with Gasteiger partial charge in [-0.15, -0.1) is 0 Å². The van der Waals surface area contributed by atoms with Crippen molar-refractivity contribution in [3.63, 3.8) is 0 Å². The summed E-state index contributed by atoms with van der Waals surface area (Å²) in [6.07, 6.45) is 2.68. The van der Waals surface area contributed by atoms with Crippen LogP contribution < -0.4 is 4.74 Å². The fourth-order valence-electron chi connectivity index (χ4n) is 2.01. The van der Waals surface area contributed by atoms with Gasteiger partial charge in [-0.3, -0.25) is 4.90 Å². The van der Waals surface area contributed by atoms with Gasteiger partial charge in [0.15, 0.2) is 0 Å². The maximum atomic E-state index is 5.77. The normalized spacial score (nSPS) is 16.6. The summed E-state index contributed by atoms with van der Waals surface area (Å²) >= 11 is 3.52. The average Bonchev–Trinajstić information content (AvgIpc) is 2.74. The number of halogens is 1. The SMILES string of the molecule is Cc1ccc(OCCN2CCCC2)c(Br)c1. The van der Waals surface area contributed by atoms with E-state index >= 15 is 0 Å². The maximum Gasteiger partial charge on any atom is 0.133 e. The van der Waals surface area contributed by atoms with Crippen molar-refractivity contribution in [3.05, 3.63) is 28.2 Å². The largest absolute Gasteiger partial charge is 0.491 e. The number of likely N-dealkylation sites (tertiary alicyclic amines) is 1. The molecular formula is C13H18BrNO. The second kappa shape index (κ2) is 5.69. The van der Waals surface area contributed by atoms with E-state index in [4.69, 9.17) is 4.74 Å². The highest BCUT2D eigenvalue weighted by Gasteiger charge is 2.11. The van der Waals surface area contributed by atoms with Gasteiger partial charge in [-0.1, -0.05) is 6.07 Å². The molecule has 0 spiro atoms. The lowest BCUT2D eigenvalue weighted by Crippen LogP contribution is -2.25. The smallest absolute Gasteiger partial charge is 0.133 e. The minimum absolute atomic E-state index is 0.779. The Kier molecular flexibility index (Phi) is 4.24. The van der Waals surface area contributed by atoms with Gasteiger partial charge in [-0.05, 0) is 66.5 Å². The number of benzene rings is 1. The van der Waals surface area contributed by atoms with E-state index in [1.807, 2.05) is 6.07 Å². The van der Waals surface area contributed by atoms with Crippen LogP contribution >= 0.6 is 15.9 Å². The Morgan fingerprint density at radius 1 is 1.31 bits per heavy atom. The van der Waals surface area contributed by atoms with Crippen molar-refractivity contribution in [1.29, 1.82) is 0 Å². The van der Waals surface area contributed by atoms with Crippen molar-refractivity contribution >= 4 is 15.9 Å². The summed E-state index contributed by atoms with van der Waals surface area (Å²) in [5, 5.41) is 0. The summed E-state index contributed by atoms with van der Waals surface area (Å²) in [4.78, 5) is 2.46. The molecule has 0 aromatic heterocycles. The molecular weight excluding hydrogens is 266 g/mol. The van der Waals surface area contributed by atoms with Gasteiger partial charge in [-0.2, -0.15) is 0 Å². The van der Waals surface area contributed by atoms with E-state index in [0.29, 0.717) is 0 Å². The van der Waals surface area contributed by atoms with Crippen molar-refractivity contribution in [3.8, 4) is 5.75 Å². The summed E-state index contributed by atoms with van der Waals surface area (Å²) in [5.74, 6) is 0.949. The highest BCUT2D eigenvalue weighted by molar-refractivity contribution is 9.10. The number of ether oxygens (including phenoxy) is 1. The fourth-order valence-corrected chi connectivity index (χ4v) is 2.62. The molecule has 1 aliphatic rings. The van der Waals surface area contributed by atoms with E-state index < -0.39 is 0 Å². The minimum atomic E-state index is 0.779. The highest BCUT2D eigenvalue weighted by Crippen LogP contribution is 2.25. The first-order valence-corrected chi connectivity index (χ1v) is 6.66. The van der Waals surface area contributed by atoms with Crippen LogP contribution in [0.25, 0.3) is 0 Å². The van der Waals surface area contributed by atoms with Crippen LogP contribution in [0.5, 0.6) is 5.75 Å². The Bertz CT molecular complexity index is 348. The van der Waals surface area contributed by atoms with Crippen LogP contribution in [0, 0.1) is 6.92 Å². The molecule has 1 saturated heterocycles. The van der Waals surface area contributed by atoms with Gasteiger partial charge in [0.2, 0.25) is 0 Å². The fraction of sp³-hybridized carbons (Fsp3) is 0.538. The zero-order valence-corrected chi connectivity index (χ0v) is 11.3. The van der Waals surface area contributed by atoms with Crippen molar-refractivity contribution < 1.29 is 4.74 Å². The quantitative estimate of drug-likeness (QED) is 0.841. The predicted octanol–water partition coefficient (Wildman–Crippen LogP) is 3.23. The van der Waals surface area contributed by atoms with E-state index in [1.54, 1.807) is 0 Å². The first-order chi connectivity index (χ1) is 7.75. The second-order valence-corrected chi connectivity index (χ2v) is 5.19. The zero-order chi connectivity index (χ0) is 11.4. The number of aryl methyl sites for hydroxylation is 1. The molecule has 0 aliphatic carbocycles. The highest BCUT2D eigenvalue weighted by atomic mass is 79.9. The van der Waals surface area contributed by atoms with Crippen LogP contribution in [-0.2, 0) is 0 Å². The molecule has 0 atom stereocenters. The Labute approximate surface area is 106 Å². The lowest BCUT2D eigenvalue weighted by molar-refractivity contribution is 0.237. The first-order valence-electron chi connectivity index (χ1n) is 5.87. The number of nitrogens with zero attached hydrogens (tertiary/aromatic N) is 1. The van der Waals surface area contributed by atoms with E-state index in [9.17, 15) is 0 Å². The Morgan fingerprint density at radius 3 is 2.75 bits per heavy atom. The van der Waals surface area contributed by atoms with E-state index in [0.717, 1.165) is 23.4 Å². The van der Waals surface area contributed by atoms with Gasteiger partial charge in [0.05, 0.1) is 4.47 Å². The molecule has 1 aromatic carbocycles. The molecule has 2 rings (SSSR count). The van der Waals surface area contributed by atoms with Gasteiger partial charge >= 0.3 is 0 Å². The summed E-state index contributed by atoms with van der Waals surface area (Å²) in [5.41, 5.74) is 1.25. The van der Waals surface area contributed by atoms with Crippen LogP contribution in [0.1, 0.15) is 18.4 Å². The third-order valence-electron chi connectivity index (χ3n) is 2.95. The number of rotatable bonds is 4. The molecule has 0 unspecified atom stereocenters. The lowest BCUT2D eigenvalue weighted by atomic mass is 10.2. The zero-order valence-electron chi connectivity index (χ0n) is 9.71. The van der Waals surface area contributed by atoms with Crippen molar-refractivity contribution in [2.45, 2.75) is 19.8 Å². The molecule has 0 saturated carbocycles. The molecule has 16 heavy (non-hydrogen) atoms. The summed E-state index contributed by atoms with van der Waals surface area (Å²) in [6.45, 7) is 6.37. The molecule has 88 valence electrons. The van der Waals surface area contributed by atoms with Gasteiger partial charge in [0.25, 0.3) is 0 Å². The van der Waals surface area contributed by atoms with Crippen LogP contribution in [-0.4, -0.2) is 31.1 Å². The number of hydrogen-bond donors (Lipinski definition) is 0. The Balaban J connectivity index is 1.80. The standard InChI is InChI=1S/C13H18BrNO/c1-11-4-5-13(12(14)10-11)16-9-8-15-6-2-3-7-15/h4-5,10H,2-3,6-9H2,1H3. The summed E-state index contributed by atoms with van der Waals surface area (Å²) < 4.78 is 6.82. The summed E-state index contributed by atoms with van der Waals surface area (Å²) in [7, 11) is 0. The Morgan fingerprint density at radius 2 is 2.06 bits per heavy atom. The van der Waals surface area contributed by atoms with Crippen LogP contribution in [0.4, 0.5) is 0 Å². The molecule has 0 bridgehead atoms. The van der Waals surface area contributed by atoms with Crippen molar-refractivity contribution in [2.75, 3.05) is 26.2 Å². The van der Waals surface area contributed by atoms with E-state index in [2.05, 4.69) is 39.9 Å². The van der Waals surface area contributed by atoms with E-state index in [1.165, 1.54) is 31.5 Å².